The molecule has 0 unspecified atom stereocenters. The summed E-state index contributed by atoms with van der Waals surface area (Å²) in [6, 6.07) is 9.59. The monoisotopic (exact) mass is 400 g/mol. The maximum atomic E-state index is 12.9. The van der Waals surface area contributed by atoms with Gasteiger partial charge in [0.15, 0.2) is 23.0 Å². The Balaban J connectivity index is 1.70. The molecule has 1 amide bonds. The Bertz CT molecular complexity index is 884. The highest BCUT2D eigenvalue weighted by Crippen LogP contribution is 2.34. The SMILES string of the molecule is COc1ccc(N(C)CC(=O)N2CCc3cc(OC)c(OC)cc3C2)cc1OC. The molecule has 0 radical (unpaired) electrons. The number of carbonyl (C=O) groups is 1. The zero-order chi connectivity index (χ0) is 21.0. The molecule has 0 aromatic heterocycles. The van der Waals surface area contributed by atoms with Gasteiger partial charge >= 0.3 is 0 Å². The van der Waals surface area contributed by atoms with Gasteiger partial charge in [0, 0.05) is 31.9 Å². The highest BCUT2D eigenvalue weighted by molar-refractivity contribution is 5.82. The lowest BCUT2D eigenvalue weighted by molar-refractivity contribution is -0.130. The van der Waals surface area contributed by atoms with Crippen LogP contribution in [-0.4, -0.2) is 59.4 Å². The number of ether oxygens (including phenoxy) is 4. The predicted octanol–water partition coefficient (Wildman–Crippen LogP) is 2.74. The largest absolute Gasteiger partial charge is 0.493 e. The van der Waals surface area contributed by atoms with Gasteiger partial charge in [-0.2, -0.15) is 0 Å². The van der Waals surface area contributed by atoms with Crippen LogP contribution in [0.25, 0.3) is 0 Å². The van der Waals surface area contributed by atoms with Crippen molar-refractivity contribution in [3.63, 3.8) is 0 Å². The minimum absolute atomic E-state index is 0.0720. The van der Waals surface area contributed by atoms with Crippen molar-refractivity contribution in [1.82, 2.24) is 4.90 Å². The van der Waals surface area contributed by atoms with Gasteiger partial charge in [-0.3, -0.25) is 4.79 Å². The fourth-order valence-corrected chi connectivity index (χ4v) is 3.55. The van der Waals surface area contributed by atoms with Crippen LogP contribution >= 0.6 is 0 Å². The molecule has 0 N–H and O–H groups in total. The van der Waals surface area contributed by atoms with Crippen LogP contribution in [0.5, 0.6) is 23.0 Å². The molecule has 7 nitrogen and oxygen atoms in total. The molecule has 7 heteroatoms. The van der Waals surface area contributed by atoms with Crippen molar-refractivity contribution in [2.75, 3.05) is 53.5 Å². The molecular formula is C22H28N2O5. The smallest absolute Gasteiger partial charge is 0.242 e. The van der Waals surface area contributed by atoms with Crippen LogP contribution in [0.2, 0.25) is 0 Å². The summed E-state index contributed by atoms with van der Waals surface area (Å²) in [6.45, 7) is 1.52. The first-order valence-electron chi connectivity index (χ1n) is 9.45. The van der Waals surface area contributed by atoms with E-state index in [1.807, 2.05) is 47.2 Å². The first kappa shape index (κ1) is 20.6. The number of nitrogens with zero attached hydrogens (tertiary/aromatic N) is 2. The molecule has 0 saturated carbocycles. The lowest BCUT2D eigenvalue weighted by atomic mass is 9.98. The Hall–Kier alpha value is -3.09. The molecule has 2 aromatic carbocycles. The zero-order valence-corrected chi connectivity index (χ0v) is 17.7. The standard InChI is InChI=1S/C22H28N2O5/c1-23(17-6-7-18(26-2)21(12-17)29-5)14-22(25)24-9-8-15-10-19(27-3)20(28-4)11-16(15)13-24/h6-7,10-12H,8-9,13-14H2,1-5H3. The molecule has 29 heavy (non-hydrogen) atoms. The Labute approximate surface area is 171 Å². The van der Waals surface area contributed by atoms with Crippen LogP contribution in [0.3, 0.4) is 0 Å². The molecule has 1 aliphatic heterocycles. The number of methoxy groups -OCH3 is 4. The van der Waals surface area contributed by atoms with Crippen molar-refractivity contribution >= 4 is 11.6 Å². The number of fused-ring (bicyclic) bond motifs is 1. The summed E-state index contributed by atoms with van der Waals surface area (Å²) < 4.78 is 21.4. The van der Waals surface area contributed by atoms with Gasteiger partial charge in [0.25, 0.3) is 0 Å². The maximum Gasteiger partial charge on any atom is 0.242 e. The second kappa shape index (κ2) is 8.94. The third-order valence-electron chi connectivity index (χ3n) is 5.25. The van der Waals surface area contributed by atoms with E-state index in [2.05, 4.69) is 0 Å². The normalized spacial score (nSPS) is 12.8. The highest BCUT2D eigenvalue weighted by Gasteiger charge is 2.24. The number of amides is 1. The van der Waals surface area contributed by atoms with Crippen LogP contribution in [0.15, 0.2) is 30.3 Å². The van der Waals surface area contributed by atoms with E-state index < -0.39 is 0 Å². The fourth-order valence-electron chi connectivity index (χ4n) is 3.55. The maximum absolute atomic E-state index is 12.9. The lowest BCUT2D eigenvalue weighted by Gasteiger charge is -2.31. The molecule has 0 spiro atoms. The third kappa shape index (κ3) is 4.34. The van der Waals surface area contributed by atoms with Crippen molar-refractivity contribution < 1.29 is 23.7 Å². The Kier molecular flexibility index (Phi) is 6.36. The van der Waals surface area contributed by atoms with E-state index in [0.29, 0.717) is 30.3 Å². The van der Waals surface area contributed by atoms with E-state index in [1.54, 1.807) is 28.4 Å². The average molecular weight is 400 g/mol. The molecule has 2 aromatic rings. The number of anilines is 1. The van der Waals surface area contributed by atoms with Gasteiger partial charge < -0.3 is 28.7 Å². The summed E-state index contributed by atoms with van der Waals surface area (Å²) in [4.78, 5) is 16.7. The Morgan fingerprint density at radius 3 is 2.10 bits per heavy atom. The number of hydrogen-bond acceptors (Lipinski definition) is 6. The molecule has 0 aliphatic carbocycles. The van der Waals surface area contributed by atoms with E-state index in [-0.39, 0.29) is 12.5 Å². The molecule has 0 saturated heterocycles. The summed E-state index contributed by atoms with van der Waals surface area (Å²) in [5.74, 6) is 2.77. The molecule has 0 bridgehead atoms. The van der Waals surface area contributed by atoms with E-state index in [9.17, 15) is 4.79 Å². The van der Waals surface area contributed by atoms with Crippen LogP contribution in [0.4, 0.5) is 5.69 Å². The molecule has 156 valence electrons. The van der Waals surface area contributed by atoms with Crippen molar-refractivity contribution in [1.29, 1.82) is 0 Å². The van der Waals surface area contributed by atoms with Crippen LogP contribution in [0.1, 0.15) is 11.1 Å². The van der Waals surface area contributed by atoms with Gasteiger partial charge in [0.1, 0.15) is 0 Å². The Morgan fingerprint density at radius 1 is 0.897 bits per heavy atom. The van der Waals surface area contributed by atoms with E-state index >= 15 is 0 Å². The van der Waals surface area contributed by atoms with Gasteiger partial charge in [-0.15, -0.1) is 0 Å². The van der Waals surface area contributed by atoms with Gasteiger partial charge in [0.05, 0.1) is 35.0 Å². The molecular weight excluding hydrogens is 372 g/mol. The summed E-state index contributed by atoms with van der Waals surface area (Å²) in [7, 11) is 8.34. The molecule has 1 heterocycles. The molecule has 3 rings (SSSR count). The summed E-state index contributed by atoms with van der Waals surface area (Å²) in [6.07, 6.45) is 0.793. The van der Waals surface area contributed by atoms with Crippen molar-refractivity contribution in [2.24, 2.45) is 0 Å². The second-order valence-corrected chi connectivity index (χ2v) is 6.94. The number of carbonyl (C=O) groups excluding carboxylic acids is 1. The molecule has 0 atom stereocenters. The van der Waals surface area contributed by atoms with Crippen molar-refractivity contribution in [3.8, 4) is 23.0 Å². The quantitative estimate of drug-likeness (QED) is 0.712. The average Bonchev–Trinajstić information content (AvgIpc) is 2.76. The van der Waals surface area contributed by atoms with E-state index in [4.69, 9.17) is 18.9 Å². The predicted molar refractivity (Wildman–Crippen MR) is 111 cm³/mol. The number of hydrogen-bond donors (Lipinski definition) is 0. The van der Waals surface area contributed by atoms with Gasteiger partial charge in [-0.05, 0) is 41.8 Å². The third-order valence-corrected chi connectivity index (χ3v) is 5.25. The minimum Gasteiger partial charge on any atom is -0.493 e. The van der Waals surface area contributed by atoms with Crippen molar-refractivity contribution in [3.05, 3.63) is 41.5 Å². The number of benzene rings is 2. The lowest BCUT2D eigenvalue weighted by Crippen LogP contribution is -2.41. The van der Waals surface area contributed by atoms with Gasteiger partial charge in [-0.1, -0.05) is 0 Å². The highest BCUT2D eigenvalue weighted by atomic mass is 16.5. The molecule has 0 fully saturated rings. The van der Waals surface area contributed by atoms with Gasteiger partial charge in [-0.25, -0.2) is 0 Å². The minimum atomic E-state index is 0.0720. The zero-order valence-electron chi connectivity index (χ0n) is 17.7. The Morgan fingerprint density at radius 2 is 1.48 bits per heavy atom. The fraction of sp³-hybridized carbons (Fsp3) is 0.409. The number of rotatable bonds is 7. The van der Waals surface area contributed by atoms with Crippen LogP contribution in [0, 0.1) is 0 Å². The van der Waals surface area contributed by atoms with Crippen molar-refractivity contribution in [2.45, 2.75) is 13.0 Å². The van der Waals surface area contributed by atoms with E-state index in [0.717, 1.165) is 23.4 Å². The topological polar surface area (TPSA) is 60.5 Å². The summed E-state index contributed by atoms with van der Waals surface area (Å²) in [5.41, 5.74) is 3.18. The second-order valence-electron chi connectivity index (χ2n) is 6.94. The van der Waals surface area contributed by atoms with Gasteiger partial charge in [0.2, 0.25) is 5.91 Å². The van der Waals surface area contributed by atoms with Crippen LogP contribution in [-0.2, 0) is 17.8 Å². The summed E-state index contributed by atoms with van der Waals surface area (Å²) in [5, 5.41) is 0. The number of likely N-dealkylation sites (N-methyl/N-ethyl adjacent to an activating group) is 1. The first-order valence-corrected chi connectivity index (χ1v) is 9.45. The first-order chi connectivity index (χ1) is 14.0. The summed E-state index contributed by atoms with van der Waals surface area (Å²) >= 11 is 0. The molecule has 1 aliphatic rings. The van der Waals surface area contributed by atoms with Crippen LogP contribution < -0.4 is 23.8 Å². The van der Waals surface area contributed by atoms with E-state index in [1.165, 1.54) is 5.56 Å².